The van der Waals surface area contributed by atoms with Gasteiger partial charge in [-0.3, -0.25) is 4.79 Å². The molecule has 1 N–H and O–H groups in total. The number of benzene rings is 2. The minimum atomic E-state index is -0.660. The third-order valence-corrected chi connectivity index (χ3v) is 4.00. The fourth-order valence-electron chi connectivity index (χ4n) is 1.94. The van der Waals surface area contributed by atoms with Crippen molar-refractivity contribution in [3.63, 3.8) is 0 Å². The monoisotopic (exact) mass is 390 g/mol. The number of esters is 1. The minimum absolute atomic E-state index is 0.311. The summed E-state index contributed by atoms with van der Waals surface area (Å²) in [6, 6.07) is 11.7. The highest BCUT2D eigenvalue weighted by atomic mass is 35.5. The van der Waals surface area contributed by atoms with E-state index in [1.165, 1.54) is 0 Å². The first kappa shape index (κ1) is 19.6. The summed E-state index contributed by atoms with van der Waals surface area (Å²) >= 11 is 6.79. The Hall–Kier alpha value is -2.69. The molecule has 0 atom stereocenters. The van der Waals surface area contributed by atoms with Crippen LogP contribution in [0, 0.1) is 17.6 Å². The summed E-state index contributed by atoms with van der Waals surface area (Å²) in [6.45, 7) is 1.08. The highest BCUT2D eigenvalue weighted by Crippen LogP contribution is 2.23. The number of ether oxygens (including phenoxy) is 2. The van der Waals surface area contributed by atoms with Crippen molar-refractivity contribution >= 4 is 40.9 Å². The molecule has 0 aliphatic carbocycles. The Balaban J connectivity index is 1.76. The number of thioether (sulfide) groups is 1. The topological polar surface area (TPSA) is 88.4 Å². The molecular formula is C18H15ClN2O4S. The van der Waals surface area contributed by atoms with Gasteiger partial charge >= 0.3 is 5.97 Å². The Labute approximate surface area is 160 Å². The lowest BCUT2D eigenvalue weighted by atomic mass is 10.2. The summed E-state index contributed by atoms with van der Waals surface area (Å²) in [5, 5.41) is 13.9. The van der Waals surface area contributed by atoms with Gasteiger partial charge in [-0.15, -0.1) is 0 Å². The third kappa shape index (κ3) is 6.31. The SMILES string of the molecule is Cc1cc(SC#N)ccc1NC(=O)COC(=O)COc1ccc(Cl)cc1. The zero-order valence-electron chi connectivity index (χ0n) is 13.8. The van der Waals surface area contributed by atoms with Crippen molar-refractivity contribution in [3.8, 4) is 11.2 Å². The van der Waals surface area contributed by atoms with Crippen molar-refractivity contribution in [2.75, 3.05) is 18.5 Å². The summed E-state index contributed by atoms with van der Waals surface area (Å²) in [4.78, 5) is 24.3. The van der Waals surface area contributed by atoms with Gasteiger partial charge in [-0.25, -0.2) is 4.79 Å². The molecule has 2 aromatic carbocycles. The smallest absolute Gasteiger partial charge is 0.344 e. The number of rotatable bonds is 7. The lowest BCUT2D eigenvalue weighted by molar-refractivity contribution is -0.149. The Kier molecular flexibility index (Phi) is 7.33. The largest absolute Gasteiger partial charge is 0.482 e. The predicted molar refractivity (Wildman–Crippen MR) is 99.2 cm³/mol. The molecule has 0 aromatic heterocycles. The lowest BCUT2D eigenvalue weighted by Gasteiger charge is -2.10. The zero-order chi connectivity index (χ0) is 18.9. The number of anilines is 1. The molecule has 134 valence electrons. The van der Waals surface area contributed by atoms with Crippen molar-refractivity contribution in [2.45, 2.75) is 11.8 Å². The number of carbonyl (C=O) groups is 2. The number of carbonyl (C=O) groups excluding carboxylic acids is 2. The molecule has 0 saturated carbocycles. The number of amides is 1. The number of aryl methyl sites for hydroxylation is 1. The summed E-state index contributed by atoms with van der Waals surface area (Å²) in [6.07, 6.45) is 0. The van der Waals surface area contributed by atoms with E-state index in [0.717, 1.165) is 22.2 Å². The molecule has 0 fully saturated rings. The molecule has 0 spiro atoms. The van der Waals surface area contributed by atoms with E-state index in [0.29, 0.717) is 16.5 Å². The number of thiocyanates is 1. The van der Waals surface area contributed by atoms with Crippen LogP contribution < -0.4 is 10.1 Å². The molecule has 6 nitrogen and oxygen atoms in total. The molecule has 0 unspecified atom stereocenters. The average molecular weight is 391 g/mol. The van der Waals surface area contributed by atoms with E-state index in [4.69, 9.17) is 26.3 Å². The van der Waals surface area contributed by atoms with E-state index < -0.39 is 18.5 Å². The highest BCUT2D eigenvalue weighted by Gasteiger charge is 2.10. The van der Waals surface area contributed by atoms with Crippen LogP contribution in [0.1, 0.15) is 5.56 Å². The molecule has 0 saturated heterocycles. The molecule has 26 heavy (non-hydrogen) atoms. The van der Waals surface area contributed by atoms with Crippen LogP contribution in [0.15, 0.2) is 47.4 Å². The van der Waals surface area contributed by atoms with E-state index >= 15 is 0 Å². The number of nitrogens with zero attached hydrogens (tertiary/aromatic N) is 1. The number of hydrogen-bond acceptors (Lipinski definition) is 6. The predicted octanol–water partition coefficient (Wildman–Crippen LogP) is 3.78. The first-order valence-electron chi connectivity index (χ1n) is 7.48. The highest BCUT2D eigenvalue weighted by molar-refractivity contribution is 8.03. The van der Waals surface area contributed by atoms with Gasteiger partial charge in [0.25, 0.3) is 5.91 Å². The van der Waals surface area contributed by atoms with Crippen LogP contribution in [0.2, 0.25) is 5.02 Å². The average Bonchev–Trinajstić information content (AvgIpc) is 2.62. The fraction of sp³-hybridized carbons (Fsp3) is 0.167. The van der Waals surface area contributed by atoms with Crippen LogP contribution in [0.25, 0.3) is 0 Å². The van der Waals surface area contributed by atoms with E-state index in [1.807, 2.05) is 12.3 Å². The van der Waals surface area contributed by atoms with Crippen molar-refractivity contribution in [1.29, 1.82) is 5.26 Å². The second kappa shape index (κ2) is 9.70. The van der Waals surface area contributed by atoms with Gasteiger partial charge in [-0.2, -0.15) is 5.26 Å². The molecule has 0 heterocycles. The maximum Gasteiger partial charge on any atom is 0.344 e. The third-order valence-electron chi connectivity index (χ3n) is 3.17. The fourth-order valence-corrected chi connectivity index (χ4v) is 2.54. The van der Waals surface area contributed by atoms with Crippen LogP contribution in [0.4, 0.5) is 5.69 Å². The molecular weight excluding hydrogens is 376 g/mol. The molecule has 0 bridgehead atoms. The Morgan fingerprint density at radius 2 is 1.92 bits per heavy atom. The molecule has 0 aliphatic heterocycles. The van der Waals surface area contributed by atoms with Gasteiger partial charge in [0.15, 0.2) is 13.2 Å². The van der Waals surface area contributed by atoms with Crippen LogP contribution in [0.3, 0.4) is 0 Å². The van der Waals surface area contributed by atoms with Crippen molar-refractivity contribution in [1.82, 2.24) is 0 Å². The van der Waals surface area contributed by atoms with Crippen molar-refractivity contribution < 1.29 is 19.1 Å². The van der Waals surface area contributed by atoms with Crippen molar-refractivity contribution in [2.24, 2.45) is 0 Å². The number of nitriles is 1. The van der Waals surface area contributed by atoms with E-state index in [2.05, 4.69) is 5.32 Å². The maximum atomic E-state index is 11.9. The van der Waals surface area contributed by atoms with Gasteiger partial charge < -0.3 is 14.8 Å². The van der Waals surface area contributed by atoms with Gasteiger partial charge in [0.2, 0.25) is 0 Å². The first-order chi connectivity index (χ1) is 12.5. The van der Waals surface area contributed by atoms with Gasteiger partial charge in [-0.05, 0) is 66.7 Å². The molecule has 1 amide bonds. The zero-order valence-corrected chi connectivity index (χ0v) is 15.4. The summed E-state index contributed by atoms with van der Waals surface area (Å²) in [5.41, 5.74) is 1.39. The van der Waals surface area contributed by atoms with E-state index in [1.54, 1.807) is 42.5 Å². The van der Waals surface area contributed by atoms with Crippen LogP contribution in [-0.2, 0) is 14.3 Å². The van der Waals surface area contributed by atoms with Gasteiger partial charge in [0, 0.05) is 15.6 Å². The Bertz CT molecular complexity index is 834. The number of nitrogens with one attached hydrogen (secondary N) is 1. The second-order valence-electron chi connectivity index (χ2n) is 5.12. The number of halogens is 1. The van der Waals surface area contributed by atoms with E-state index in [9.17, 15) is 9.59 Å². The van der Waals surface area contributed by atoms with Gasteiger partial charge in [-0.1, -0.05) is 11.6 Å². The van der Waals surface area contributed by atoms with Crippen molar-refractivity contribution in [3.05, 3.63) is 53.1 Å². The second-order valence-corrected chi connectivity index (χ2v) is 6.42. The first-order valence-corrected chi connectivity index (χ1v) is 8.68. The molecule has 2 aromatic rings. The summed E-state index contributed by atoms with van der Waals surface area (Å²) < 4.78 is 10.1. The number of hydrogen-bond donors (Lipinski definition) is 1. The molecule has 0 aliphatic rings. The summed E-state index contributed by atoms with van der Waals surface area (Å²) in [5.74, 6) is -0.650. The summed E-state index contributed by atoms with van der Waals surface area (Å²) in [7, 11) is 0. The Morgan fingerprint density at radius 3 is 2.58 bits per heavy atom. The molecule has 8 heteroatoms. The van der Waals surface area contributed by atoms with Crippen LogP contribution in [0.5, 0.6) is 5.75 Å². The van der Waals surface area contributed by atoms with Crippen LogP contribution in [-0.4, -0.2) is 25.1 Å². The molecule has 2 rings (SSSR count). The van der Waals surface area contributed by atoms with E-state index in [-0.39, 0.29) is 6.61 Å². The standard InChI is InChI=1S/C18H15ClN2O4S/c1-12-8-15(26-11-20)6-7-16(12)21-17(22)9-25-18(23)10-24-14-4-2-13(19)3-5-14/h2-8H,9-10H2,1H3,(H,21,22). The van der Waals surface area contributed by atoms with Gasteiger partial charge in [0.1, 0.15) is 11.2 Å². The van der Waals surface area contributed by atoms with Gasteiger partial charge in [0.05, 0.1) is 0 Å². The lowest BCUT2D eigenvalue weighted by Crippen LogP contribution is -2.24. The van der Waals surface area contributed by atoms with Crippen LogP contribution >= 0.6 is 23.4 Å². The maximum absolute atomic E-state index is 11.9. The quantitative estimate of drug-likeness (QED) is 0.439. The Morgan fingerprint density at radius 1 is 1.19 bits per heavy atom. The molecule has 0 radical (unpaired) electrons. The minimum Gasteiger partial charge on any atom is -0.482 e. The normalized spacial score (nSPS) is 9.88.